The Balaban J connectivity index is 2.15. The first-order chi connectivity index (χ1) is 14.3. The second-order valence-electron chi connectivity index (χ2n) is 7.71. The molecule has 0 bridgehead atoms. The van der Waals surface area contributed by atoms with Crippen LogP contribution in [0.4, 0.5) is 5.69 Å². The van der Waals surface area contributed by atoms with Crippen LogP contribution in [-0.2, 0) is 4.79 Å². The van der Waals surface area contributed by atoms with Crippen LogP contribution >= 0.6 is 11.5 Å². The number of nitrogens with zero attached hydrogens (tertiary/aromatic N) is 4. The second kappa shape index (κ2) is 9.13. The molecule has 0 aliphatic heterocycles. The van der Waals surface area contributed by atoms with Crippen molar-refractivity contribution >= 4 is 29.0 Å². The van der Waals surface area contributed by atoms with Gasteiger partial charge in [-0.15, -0.1) is 5.10 Å². The molecule has 1 unspecified atom stereocenters. The predicted molar refractivity (Wildman–Crippen MR) is 117 cm³/mol. The Bertz CT molecular complexity index is 1010. The first kappa shape index (κ1) is 21.6. The number of aromatic nitrogens is 3. The molecule has 0 saturated carbocycles. The van der Waals surface area contributed by atoms with Crippen LogP contribution < -0.4 is 10.2 Å². The van der Waals surface area contributed by atoms with Gasteiger partial charge in [0.05, 0.1) is 0 Å². The lowest BCUT2D eigenvalue weighted by atomic mass is 9.98. The molecule has 0 saturated heterocycles. The first-order valence-corrected chi connectivity index (χ1v) is 10.6. The Kier molecular flexibility index (Phi) is 6.56. The molecule has 2 aromatic heterocycles. The molecule has 7 nitrogen and oxygen atoms in total. The van der Waals surface area contributed by atoms with Gasteiger partial charge in [-0.2, -0.15) is 0 Å². The van der Waals surface area contributed by atoms with Crippen LogP contribution in [0.2, 0.25) is 0 Å². The van der Waals surface area contributed by atoms with Crippen molar-refractivity contribution in [3.8, 4) is 0 Å². The number of benzene rings is 1. The number of carbonyl (C=O) groups excluding carboxylic acids is 2. The Hall–Kier alpha value is -3.13. The topological polar surface area (TPSA) is 88.1 Å². The van der Waals surface area contributed by atoms with E-state index in [1.54, 1.807) is 29.9 Å². The minimum Gasteiger partial charge on any atom is -0.349 e. The number of pyridine rings is 1. The van der Waals surface area contributed by atoms with Crippen molar-refractivity contribution in [1.29, 1.82) is 0 Å². The van der Waals surface area contributed by atoms with Gasteiger partial charge in [0.1, 0.15) is 6.04 Å². The Morgan fingerprint density at radius 3 is 2.53 bits per heavy atom. The van der Waals surface area contributed by atoms with Crippen molar-refractivity contribution < 1.29 is 9.59 Å². The summed E-state index contributed by atoms with van der Waals surface area (Å²) in [7, 11) is 0. The van der Waals surface area contributed by atoms with Gasteiger partial charge in [0.2, 0.25) is 5.91 Å². The highest BCUT2D eigenvalue weighted by atomic mass is 32.1. The lowest BCUT2D eigenvalue weighted by Gasteiger charge is -2.34. The summed E-state index contributed by atoms with van der Waals surface area (Å²) in [6, 6.07) is 10.1. The van der Waals surface area contributed by atoms with Crippen molar-refractivity contribution in [3.63, 3.8) is 0 Å². The lowest BCUT2D eigenvalue weighted by Crippen LogP contribution is -2.50. The van der Waals surface area contributed by atoms with E-state index in [0.29, 0.717) is 11.3 Å². The molecule has 1 aromatic carbocycles. The molecule has 8 heteroatoms. The quantitative estimate of drug-likeness (QED) is 0.622. The summed E-state index contributed by atoms with van der Waals surface area (Å²) < 4.78 is 3.82. The third-order valence-electron chi connectivity index (χ3n) is 4.95. The highest BCUT2D eigenvalue weighted by molar-refractivity contribution is 7.03. The summed E-state index contributed by atoms with van der Waals surface area (Å²) in [4.78, 5) is 32.6. The number of anilines is 1. The van der Waals surface area contributed by atoms with Gasteiger partial charge in [0, 0.05) is 29.0 Å². The van der Waals surface area contributed by atoms with Gasteiger partial charge < -0.3 is 5.32 Å². The molecular formula is C22H25N5O2S. The molecule has 2 amide bonds. The highest BCUT2D eigenvalue weighted by Gasteiger charge is 2.36. The molecule has 0 radical (unpaired) electrons. The fraction of sp³-hybridized carbons (Fsp3) is 0.318. The Morgan fingerprint density at radius 2 is 1.93 bits per heavy atom. The lowest BCUT2D eigenvalue weighted by molar-refractivity contribution is -0.124. The number of hydrogen-bond donors (Lipinski definition) is 1. The number of amides is 2. The van der Waals surface area contributed by atoms with Crippen molar-refractivity contribution in [2.75, 3.05) is 4.90 Å². The molecule has 3 rings (SSSR count). The maximum Gasteiger partial charge on any atom is 0.280 e. The van der Waals surface area contributed by atoms with E-state index in [2.05, 4.69) is 19.9 Å². The summed E-state index contributed by atoms with van der Waals surface area (Å²) in [6.45, 7) is 7.86. The number of aryl methyl sites for hydroxylation is 1. The van der Waals surface area contributed by atoms with Crippen LogP contribution in [0.15, 0.2) is 54.2 Å². The smallest absolute Gasteiger partial charge is 0.280 e. The third-order valence-corrected chi connectivity index (χ3v) is 5.46. The molecule has 2 heterocycles. The molecule has 1 atom stereocenters. The molecule has 0 fully saturated rings. The van der Waals surface area contributed by atoms with E-state index in [9.17, 15) is 9.59 Å². The fourth-order valence-corrected chi connectivity index (χ4v) is 3.43. The van der Waals surface area contributed by atoms with Crippen LogP contribution in [0, 0.1) is 6.92 Å². The normalized spacial score (nSPS) is 12.3. The molecule has 0 aliphatic rings. The standard InChI is InChI=1S/C22H25N5O2S/c1-5-22(3,4)24-20(28)19(16-9-11-23-12-10-16)27(17-8-6-7-15(2)13-17)21(29)18-14-30-26-25-18/h6-14,19H,5H2,1-4H3,(H,24,28). The summed E-state index contributed by atoms with van der Waals surface area (Å²) in [5.41, 5.74) is 2.02. The summed E-state index contributed by atoms with van der Waals surface area (Å²) >= 11 is 1.09. The Labute approximate surface area is 180 Å². The predicted octanol–water partition coefficient (Wildman–Crippen LogP) is 3.93. The molecule has 156 valence electrons. The van der Waals surface area contributed by atoms with Gasteiger partial charge in [-0.3, -0.25) is 19.5 Å². The van der Waals surface area contributed by atoms with Gasteiger partial charge in [0.25, 0.3) is 5.91 Å². The fourth-order valence-electron chi connectivity index (χ4n) is 3.00. The maximum atomic E-state index is 13.5. The van der Waals surface area contributed by atoms with E-state index in [0.717, 1.165) is 23.5 Å². The van der Waals surface area contributed by atoms with Gasteiger partial charge >= 0.3 is 0 Å². The molecule has 3 aromatic rings. The number of carbonyl (C=O) groups is 2. The highest BCUT2D eigenvalue weighted by Crippen LogP contribution is 2.30. The maximum absolute atomic E-state index is 13.5. The third kappa shape index (κ3) is 4.88. The largest absolute Gasteiger partial charge is 0.349 e. The zero-order valence-electron chi connectivity index (χ0n) is 17.5. The zero-order chi connectivity index (χ0) is 21.7. The van der Waals surface area contributed by atoms with Gasteiger partial charge in [-0.05, 0) is 74.1 Å². The molecule has 30 heavy (non-hydrogen) atoms. The summed E-state index contributed by atoms with van der Waals surface area (Å²) in [6.07, 6.45) is 3.98. The van der Waals surface area contributed by atoms with Gasteiger partial charge in [-0.1, -0.05) is 23.5 Å². The minimum absolute atomic E-state index is 0.197. The van der Waals surface area contributed by atoms with E-state index in [4.69, 9.17) is 0 Å². The van der Waals surface area contributed by atoms with Crippen molar-refractivity contribution in [2.24, 2.45) is 0 Å². The van der Waals surface area contributed by atoms with E-state index < -0.39 is 11.6 Å². The monoisotopic (exact) mass is 423 g/mol. The zero-order valence-corrected chi connectivity index (χ0v) is 18.3. The molecule has 0 spiro atoms. The van der Waals surface area contributed by atoms with Crippen LogP contribution in [0.25, 0.3) is 0 Å². The molecule has 1 N–H and O–H groups in total. The van der Waals surface area contributed by atoms with Crippen LogP contribution in [0.3, 0.4) is 0 Å². The number of rotatable bonds is 7. The van der Waals surface area contributed by atoms with Gasteiger partial charge in [-0.25, -0.2) is 0 Å². The molecular weight excluding hydrogens is 398 g/mol. The van der Waals surface area contributed by atoms with Gasteiger partial charge in [0.15, 0.2) is 5.69 Å². The SMILES string of the molecule is CCC(C)(C)NC(=O)C(c1ccncc1)N(C(=O)c1csnn1)c1cccc(C)c1. The van der Waals surface area contributed by atoms with Crippen molar-refractivity contribution in [1.82, 2.24) is 19.9 Å². The second-order valence-corrected chi connectivity index (χ2v) is 8.32. The van der Waals surface area contributed by atoms with Crippen LogP contribution in [0.1, 0.15) is 54.8 Å². The molecule has 0 aliphatic carbocycles. The van der Waals surface area contributed by atoms with E-state index in [1.165, 1.54) is 4.90 Å². The average molecular weight is 424 g/mol. The van der Waals surface area contributed by atoms with E-state index >= 15 is 0 Å². The minimum atomic E-state index is -0.894. The number of nitrogens with one attached hydrogen (secondary N) is 1. The van der Waals surface area contributed by atoms with E-state index in [1.807, 2.05) is 52.0 Å². The van der Waals surface area contributed by atoms with E-state index in [-0.39, 0.29) is 17.5 Å². The first-order valence-electron chi connectivity index (χ1n) is 9.71. The summed E-state index contributed by atoms with van der Waals surface area (Å²) in [5, 5.41) is 8.61. The Morgan fingerprint density at radius 1 is 1.20 bits per heavy atom. The van der Waals surface area contributed by atoms with Crippen molar-refractivity contribution in [2.45, 2.75) is 45.7 Å². The van der Waals surface area contributed by atoms with Crippen LogP contribution in [-0.4, -0.2) is 31.9 Å². The average Bonchev–Trinajstić information content (AvgIpc) is 3.26. The number of hydrogen-bond acceptors (Lipinski definition) is 6. The van der Waals surface area contributed by atoms with Crippen molar-refractivity contribution in [3.05, 3.63) is 71.0 Å². The van der Waals surface area contributed by atoms with Crippen LogP contribution in [0.5, 0.6) is 0 Å². The summed E-state index contributed by atoms with van der Waals surface area (Å²) in [5.74, 6) is -0.660.